The summed E-state index contributed by atoms with van der Waals surface area (Å²) in [5, 5.41) is 2.98. The summed E-state index contributed by atoms with van der Waals surface area (Å²) in [7, 11) is 0. The van der Waals surface area contributed by atoms with E-state index in [1.54, 1.807) is 29.2 Å². The second-order valence-electron chi connectivity index (χ2n) is 9.58. The Bertz CT molecular complexity index is 1020. The number of amides is 4. The second-order valence-corrected chi connectivity index (χ2v) is 9.58. The average Bonchev–Trinajstić information content (AvgIpc) is 3.03. The standard InChI is InChI=1S/C27H33N3O4/c1-5-22(24(32)28-27(2,3)4)30(18-19-12-7-6-8-13-19)23(31)16-11-17-29-25(33)20-14-9-10-15-21(20)26(29)34/h6-10,12-15,22H,5,11,16-18H2,1-4H3,(H,28,32). The Balaban J connectivity index is 1.70. The van der Waals surface area contributed by atoms with Crippen molar-refractivity contribution in [1.82, 2.24) is 15.1 Å². The monoisotopic (exact) mass is 463 g/mol. The molecule has 2 aromatic carbocycles. The molecule has 0 aliphatic carbocycles. The molecule has 0 aromatic heterocycles. The second kappa shape index (κ2) is 10.6. The molecule has 1 heterocycles. The predicted octanol–water partition coefficient (Wildman–Crippen LogP) is 3.78. The summed E-state index contributed by atoms with van der Waals surface area (Å²) in [6.07, 6.45) is 0.922. The van der Waals surface area contributed by atoms with Gasteiger partial charge in [-0.2, -0.15) is 0 Å². The average molecular weight is 464 g/mol. The third-order valence-electron chi connectivity index (χ3n) is 5.73. The number of hydrogen-bond donors (Lipinski definition) is 1. The Kier molecular flexibility index (Phi) is 7.87. The van der Waals surface area contributed by atoms with E-state index in [2.05, 4.69) is 5.32 Å². The summed E-state index contributed by atoms with van der Waals surface area (Å²) < 4.78 is 0. The molecule has 1 unspecified atom stereocenters. The van der Waals surface area contributed by atoms with Crippen molar-refractivity contribution in [2.75, 3.05) is 6.54 Å². The number of hydrogen-bond acceptors (Lipinski definition) is 4. The van der Waals surface area contributed by atoms with Crippen LogP contribution >= 0.6 is 0 Å². The minimum atomic E-state index is -0.619. The fourth-order valence-corrected chi connectivity index (χ4v) is 4.13. The number of benzene rings is 2. The predicted molar refractivity (Wildman–Crippen MR) is 130 cm³/mol. The van der Waals surface area contributed by atoms with Crippen molar-refractivity contribution in [1.29, 1.82) is 0 Å². The van der Waals surface area contributed by atoms with Crippen LogP contribution in [0.1, 0.15) is 73.2 Å². The third-order valence-corrected chi connectivity index (χ3v) is 5.73. The van der Waals surface area contributed by atoms with Crippen LogP contribution in [-0.4, -0.2) is 51.6 Å². The van der Waals surface area contributed by atoms with Gasteiger partial charge in [0.15, 0.2) is 0 Å². The van der Waals surface area contributed by atoms with E-state index in [4.69, 9.17) is 0 Å². The number of imide groups is 1. The largest absolute Gasteiger partial charge is 0.350 e. The van der Waals surface area contributed by atoms with Gasteiger partial charge < -0.3 is 10.2 Å². The molecule has 1 aliphatic rings. The highest BCUT2D eigenvalue weighted by Crippen LogP contribution is 2.23. The van der Waals surface area contributed by atoms with Gasteiger partial charge in [-0.05, 0) is 51.3 Å². The maximum Gasteiger partial charge on any atom is 0.261 e. The minimum Gasteiger partial charge on any atom is -0.350 e. The zero-order valence-electron chi connectivity index (χ0n) is 20.3. The van der Waals surface area contributed by atoms with E-state index in [1.807, 2.05) is 58.0 Å². The van der Waals surface area contributed by atoms with Gasteiger partial charge in [-0.25, -0.2) is 0 Å². The molecule has 0 bridgehead atoms. The fourth-order valence-electron chi connectivity index (χ4n) is 4.13. The van der Waals surface area contributed by atoms with Crippen LogP contribution in [0.3, 0.4) is 0 Å². The first kappa shape index (κ1) is 25.1. The lowest BCUT2D eigenvalue weighted by Gasteiger charge is -2.33. The van der Waals surface area contributed by atoms with Gasteiger partial charge in [0.05, 0.1) is 11.1 Å². The zero-order valence-corrected chi connectivity index (χ0v) is 20.3. The molecule has 34 heavy (non-hydrogen) atoms. The molecule has 2 aromatic rings. The van der Waals surface area contributed by atoms with Crippen LogP contribution in [0, 0.1) is 0 Å². The van der Waals surface area contributed by atoms with Crippen LogP contribution in [0.2, 0.25) is 0 Å². The fraction of sp³-hybridized carbons (Fsp3) is 0.407. The third kappa shape index (κ3) is 5.90. The highest BCUT2D eigenvalue weighted by atomic mass is 16.2. The van der Waals surface area contributed by atoms with Gasteiger partial charge in [0, 0.05) is 25.0 Å². The lowest BCUT2D eigenvalue weighted by atomic mass is 10.0. The van der Waals surface area contributed by atoms with E-state index in [0.29, 0.717) is 30.5 Å². The number of fused-ring (bicyclic) bond motifs is 1. The van der Waals surface area contributed by atoms with Gasteiger partial charge in [0.25, 0.3) is 11.8 Å². The molecule has 0 radical (unpaired) electrons. The highest BCUT2D eigenvalue weighted by Gasteiger charge is 2.35. The van der Waals surface area contributed by atoms with Gasteiger partial charge in [0.1, 0.15) is 6.04 Å². The zero-order chi connectivity index (χ0) is 24.9. The molecule has 0 saturated heterocycles. The molecule has 7 heteroatoms. The first-order chi connectivity index (χ1) is 16.1. The summed E-state index contributed by atoms with van der Waals surface area (Å²) in [4.78, 5) is 54.3. The number of nitrogens with one attached hydrogen (secondary N) is 1. The number of rotatable bonds is 9. The lowest BCUT2D eigenvalue weighted by Crippen LogP contribution is -2.53. The Hall–Kier alpha value is -3.48. The van der Waals surface area contributed by atoms with E-state index in [-0.39, 0.29) is 36.6 Å². The smallest absolute Gasteiger partial charge is 0.261 e. The van der Waals surface area contributed by atoms with Crippen LogP contribution in [0.4, 0.5) is 0 Å². The summed E-state index contributed by atoms with van der Waals surface area (Å²) in [6.45, 7) is 8.07. The molecule has 1 aliphatic heterocycles. The molecular formula is C27H33N3O4. The van der Waals surface area contributed by atoms with E-state index in [0.717, 1.165) is 5.56 Å². The molecule has 180 valence electrons. The van der Waals surface area contributed by atoms with Crippen molar-refractivity contribution < 1.29 is 19.2 Å². The molecule has 3 rings (SSSR count). The first-order valence-corrected chi connectivity index (χ1v) is 11.7. The van der Waals surface area contributed by atoms with Crippen LogP contribution in [0.25, 0.3) is 0 Å². The molecule has 0 fully saturated rings. The van der Waals surface area contributed by atoms with Crippen molar-refractivity contribution in [2.45, 2.75) is 65.1 Å². The van der Waals surface area contributed by atoms with Gasteiger partial charge in [0.2, 0.25) is 11.8 Å². The summed E-state index contributed by atoms with van der Waals surface area (Å²) in [5.41, 5.74) is 1.30. The topological polar surface area (TPSA) is 86.8 Å². The molecule has 1 N–H and O–H groups in total. The SMILES string of the molecule is CCC(C(=O)NC(C)(C)C)N(Cc1ccccc1)C(=O)CCCN1C(=O)c2ccccc2C1=O. The number of carbonyl (C=O) groups is 4. The Labute approximate surface area is 201 Å². The summed E-state index contributed by atoms with van der Waals surface area (Å²) >= 11 is 0. The summed E-state index contributed by atoms with van der Waals surface area (Å²) in [6, 6.07) is 15.7. The molecule has 4 amide bonds. The Morgan fingerprint density at radius 1 is 0.941 bits per heavy atom. The van der Waals surface area contributed by atoms with Crippen LogP contribution < -0.4 is 5.32 Å². The normalized spacial score (nSPS) is 14.1. The van der Waals surface area contributed by atoms with E-state index in [1.165, 1.54) is 4.90 Å². The maximum absolute atomic E-state index is 13.3. The van der Waals surface area contributed by atoms with Gasteiger partial charge in [-0.15, -0.1) is 0 Å². The van der Waals surface area contributed by atoms with Crippen molar-refractivity contribution in [3.05, 3.63) is 71.3 Å². The van der Waals surface area contributed by atoms with Crippen molar-refractivity contribution in [2.24, 2.45) is 0 Å². The Morgan fingerprint density at radius 3 is 2.03 bits per heavy atom. The van der Waals surface area contributed by atoms with Crippen LogP contribution in [0.15, 0.2) is 54.6 Å². The molecule has 0 saturated carbocycles. The number of carbonyl (C=O) groups excluding carboxylic acids is 4. The van der Waals surface area contributed by atoms with E-state index < -0.39 is 11.6 Å². The molecular weight excluding hydrogens is 430 g/mol. The van der Waals surface area contributed by atoms with Crippen LogP contribution in [0.5, 0.6) is 0 Å². The Morgan fingerprint density at radius 2 is 1.50 bits per heavy atom. The lowest BCUT2D eigenvalue weighted by molar-refractivity contribution is -0.142. The van der Waals surface area contributed by atoms with E-state index >= 15 is 0 Å². The molecule has 1 atom stereocenters. The van der Waals surface area contributed by atoms with E-state index in [9.17, 15) is 19.2 Å². The van der Waals surface area contributed by atoms with Crippen molar-refractivity contribution in [3.8, 4) is 0 Å². The van der Waals surface area contributed by atoms with Crippen LogP contribution in [-0.2, 0) is 16.1 Å². The first-order valence-electron chi connectivity index (χ1n) is 11.7. The highest BCUT2D eigenvalue weighted by molar-refractivity contribution is 6.21. The number of nitrogens with zero attached hydrogens (tertiary/aromatic N) is 2. The summed E-state index contributed by atoms with van der Waals surface area (Å²) in [5.74, 6) is -1.04. The molecule has 0 spiro atoms. The van der Waals surface area contributed by atoms with Gasteiger partial charge in [-0.3, -0.25) is 24.1 Å². The van der Waals surface area contributed by atoms with Gasteiger partial charge >= 0.3 is 0 Å². The maximum atomic E-state index is 13.3. The quantitative estimate of drug-likeness (QED) is 0.574. The van der Waals surface area contributed by atoms with Crippen molar-refractivity contribution in [3.63, 3.8) is 0 Å². The van der Waals surface area contributed by atoms with Gasteiger partial charge in [-0.1, -0.05) is 49.4 Å². The molecule has 7 nitrogen and oxygen atoms in total. The van der Waals surface area contributed by atoms with Crippen molar-refractivity contribution >= 4 is 23.6 Å². The minimum absolute atomic E-state index is 0.125.